The van der Waals surface area contributed by atoms with Crippen molar-refractivity contribution in [3.05, 3.63) is 89.5 Å². The molecule has 296 valence electrons. The summed E-state index contributed by atoms with van der Waals surface area (Å²) in [5.41, 5.74) is 2.04. The van der Waals surface area contributed by atoms with E-state index in [1.54, 1.807) is 31.4 Å². The van der Waals surface area contributed by atoms with Gasteiger partial charge in [-0.05, 0) is 73.9 Å². The molecule has 1 aliphatic rings. The van der Waals surface area contributed by atoms with E-state index in [-0.39, 0.29) is 43.5 Å². The van der Waals surface area contributed by atoms with Gasteiger partial charge in [0.25, 0.3) is 5.91 Å². The highest BCUT2D eigenvalue weighted by atomic mass is 16.5. The number of aryl methyl sites for hydroxylation is 1. The number of amides is 5. The molecular formula is C42H55N5O8. The molecule has 0 saturated carbocycles. The molecule has 4 rings (SSSR count). The van der Waals surface area contributed by atoms with Gasteiger partial charge in [-0.1, -0.05) is 62.4 Å². The Kier molecular flexibility index (Phi) is 16.4. The Morgan fingerprint density at radius 2 is 1.69 bits per heavy atom. The van der Waals surface area contributed by atoms with Crippen molar-refractivity contribution in [2.75, 3.05) is 40.5 Å². The number of hydrogen-bond donors (Lipinski definition) is 4. The van der Waals surface area contributed by atoms with Gasteiger partial charge in [0.15, 0.2) is 11.5 Å². The molecule has 3 atom stereocenters. The number of carbonyl (C=O) groups is 5. The zero-order chi connectivity index (χ0) is 39.7. The van der Waals surface area contributed by atoms with Gasteiger partial charge >= 0.3 is 0 Å². The minimum Gasteiger partial charge on any atom is -0.493 e. The summed E-state index contributed by atoms with van der Waals surface area (Å²) in [5, 5.41) is 11.4. The van der Waals surface area contributed by atoms with E-state index in [1.807, 2.05) is 69.3 Å². The molecule has 1 aliphatic heterocycles. The number of nitrogens with one attached hydrogen (secondary N) is 4. The van der Waals surface area contributed by atoms with Crippen LogP contribution in [0.5, 0.6) is 17.2 Å². The fourth-order valence-corrected chi connectivity index (χ4v) is 6.29. The largest absolute Gasteiger partial charge is 0.493 e. The monoisotopic (exact) mass is 757 g/mol. The van der Waals surface area contributed by atoms with Crippen LogP contribution in [0.3, 0.4) is 0 Å². The first-order valence-electron chi connectivity index (χ1n) is 19.0. The fourth-order valence-electron chi connectivity index (χ4n) is 6.29. The molecule has 0 saturated heterocycles. The van der Waals surface area contributed by atoms with E-state index < -0.39 is 48.2 Å². The van der Waals surface area contributed by atoms with Crippen LogP contribution in [0.25, 0.3) is 0 Å². The van der Waals surface area contributed by atoms with Crippen LogP contribution in [0.15, 0.2) is 72.8 Å². The average molecular weight is 758 g/mol. The first-order valence-corrected chi connectivity index (χ1v) is 19.0. The second-order valence-corrected chi connectivity index (χ2v) is 13.9. The molecule has 3 aromatic rings. The maximum Gasteiger partial charge on any atom is 0.255 e. The van der Waals surface area contributed by atoms with Crippen molar-refractivity contribution in [3.8, 4) is 17.2 Å². The molecule has 0 aliphatic carbocycles. The average Bonchev–Trinajstić information content (AvgIpc) is 3.18. The van der Waals surface area contributed by atoms with Gasteiger partial charge in [0, 0.05) is 26.6 Å². The van der Waals surface area contributed by atoms with Crippen LogP contribution in [-0.4, -0.2) is 93.0 Å². The first kappa shape index (κ1) is 42.2. The Morgan fingerprint density at radius 1 is 0.945 bits per heavy atom. The Labute approximate surface area is 323 Å². The summed E-state index contributed by atoms with van der Waals surface area (Å²) < 4.78 is 17.0. The van der Waals surface area contributed by atoms with Crippen LogP contribution in [0, 0.1) is 5.92 Å². The zero-order valence-corrected chi connectivity index (χ0v) is 32.5. The van der Waals surface area contributed by atoms with Crippen molar-refractivity contribution in [1.29, 1.82) is 0 Å². The molecule has 13 nitrogen and oxygen atoms in total. The van der Waals surface area contributed by atoms with E-state index in [4.69, 9.17) is 14.2 Å². The number of rotatable bonds is 12. The quantitative estimate of drug-likeness (QED) is 0.203. The van der Waals surface area contributed by atoms with Gasteiger partial charge < -0.3 is 40.4 Å². The zero-order valence-electron chi connectivity index (χ0n) is 32.5. The van der Waals surface area contributed by atoms with E-state index >= 15 is 0 Å². The number of likely N-dealkylation sites (N-methyl/N-ethyl adjacent to an activating group) is 1. The lowest BCUT2D eigenvalue weighted by molar-refractivity contribution is -0.141. The molecule has 0 radical (unpaired) electrons. The number of carbonyl (C=O) groups excluding carboxylic acids is 5. The predicted octanol–water partition coefficient (Wildman–Crippen LogP) is 3.83. The highest BCUT2D eigenvalue weighted by molar-refractivity contribution is 6.01. The number of nitrogens with zero attached hydrogens (tertiary/aromatic N) is 1. The van der Waals surface area contributed by atoms with Crippen molar-refractivity contribution >= 4 is 29.5 Å². The van der Waals surface area contributed by atoms with Gasteiger partial charge in [0.1, 0.15) is 23.9 Å². The fraction of sp³-hybridized carbons (Fsp3) is 0.452. The third kappa shape index (κ3) is 12.8. The molecule has 1 heterocycles. The van der Waals surface area contributed by atoms with Crippen molar-refractivity contribution in [2.45, 2.75) is 77.4 Å². The number of para-hydroxylation sites is 1. The van der Waals surface area contributed by atoms with E-state index in [1.165, 1.54) is 11.9 Å². The number of ether oxygens (including phenoxy) is 3. The van der Waals surface area contributed by atoms with Gasteiger partial charge in [0.05, 0.1) is 32.3 Å². The third-order valence-electron chi connectivity index (χ3n) is 9.25. The van der Waals surface area contributed by atoms with E-state index in [2.05, 4.69) is 21.3 Å². The molecule has 55 heavy (non-hydrogen) atoms. The van der Waals surface area contributed by atoms with Gasteiger partial charge in [-0.2, -0.15) is 0 Å². The molecular weight excluding hydrogens is 702 g/mol. The van der Waals surface area contributed by atoms with Crippen LogP contribution >= 0.6 is 0 Å². The molecule has 0 spiro atoms. The smallest absolute Gasteiger partial charge is 0.255 e. The number of benzene rings is 3. The minimum atomic E-state index is -1.26. The Morgan fingerprint density at radius 3 is 2.42 bits per heavy atom. The molecule has 0 fully saturated rings. The van der Waals surface area contributed by atoms with Crippen LogP contribution in [0.1, 0.15) is 67.9 Å². The summed E-state index contributed by atoms with van der Waals surface area (Å²) >= 11 is 0. The highest BCUT2D eigenvalue weighted by Crippen LogP contribution is 2.28. The van der Waals surface area contributed by atoms with Crippen molar-refractivity contribution < 1.29 is 38.2 Å². The number of methoxy groups -OCH3 is 1. The second kappa shape index (κ2) is 21.3. The van der Waals surface area contributed by atoms with Crippen molar-refractivity contribution in [2.24, 2.45) is 5.92 Å². The SMILES string of the molecule is CCOc1ccc(CCCNC(=O)[C@@H]2CC(=O)N(C)[C@@H](CC(C)C)C(=O)N[C@@H](Cc3ccccc3)C(=O)NCCCOc3ccccc3C(=O)N2)cc1OC. The van der Waals surface area contributed by atoms with E-state index in [0.717, 1.165) is 11.1 Å². The maximum atomic E-state index is 14.0. The molecule has 3 aromatic carbocycles. The molecule has 0 bridgehead atoms. The predicted molar refractivity (Wildman–Crippen MR) is 209 cm³/mol. The lowest BCUT2D eigenvalue weighted by atomic mass is 9.99. The van der Waals surface area contributed by atoms with Crippen LogP contribution < -0.4 is 35.5 Å². The molecule has 0 unspecified atom stereocenters. The topological polar surface area (TPSA) is 164 Å². The van der Waals surface area contributed by atoms with Crippen molar-refractivity contribution in [1.82, 2.24) is 26.2 Å². The minimum absolute atomic E-state index is 0.0101. The van der Waals surface area contributed by atoms with Crippen molar-refractivity contribution in [3.63, 3.8) is 0 Å². The summed E-state index contributed by atoms with van der Waals surface area (Å²) in [7, 11) is 3.08. The highest BCUT2D eigenvalue weighted by Gasteiger charge is 2.34. The maximum absolute atomic E-state index is 14.0. The lowest BCUT2D eigenvalue weighted by Crippen LogP contribution is -2.56. The molecule has 13 heteroatoms. The van der Waals surface area contributed by atoms with Gasteiger partial charge in [0.2, 0.25) is 23.6 Å². The number of fused-ring (bicyclic) bond motifs is 1. The van der Waals surface area contributed by atoms with Crippen LogP contribution in [-0.2, 0) is 32.0 Å². The molecule has 0 aromatic heterocycles. The Bertz CT molecular complexity index is 1750. The lowest BCUT2D eigenvalue weighted by Gasteiger charge is -2.31. The van der Waals surface area contributed by atoms with Gasteiger partial charge in [-0.25, -0.2) is 0 Å². The van der Waals surface area contributed by atoms with E-state index in [9.17, 15) is 24.0 Å². The van der Waals surface area contributed by atoms with E-state index in [0.29, 0.717) is 49.5 Å². The third-order valence-corrected chi connectivity index (χ3v) is 9.25. The first-order chi connectivity index (χ1) is 26.5. The summed E-state index contributed by atoms with van der Waals surface area (Å²) in [5.74, 6) is -0.950. The van der Waals surface area contributed by atoms with Gasteiger partial charge in [-0.15, -0.1) is 0 Å². The summed E-state index contributed by atoms with van der Waals surface area (Å²) in [4.78, 5) is 70.2. The Hall–Kier alpha value is -5.59. The summed E-state index contributed by atoms with van der Waals surface area (Å²) in [6.07, 6.45) is 1.76. The van der Waals surface area contributed by atoms with Crippen LogP contribution in [0.2, 0.25) is 0 Å². The Balaban J connectivity index is 1.57. The second-order valence-electron chi connectivity index (χ2n) is 13.9. The summed E-state index contributed by atoms with van der Waals surface area (Å²) in [6, 6.07) is 18.6. The standard InChI is InChI=1S/C42H55N5O8/c1-6-54-36-20-19-30(26-37(36)53-5)16-12-21-43-41(51)33-27-38(48)47(4)34(24-28(2)3)42(52)46-32(25-29-14-8-7-9-15-29)40(50)44-22-13-23-55-35-18-11-10-17-31(35)39(49)45-33/h7-11,14-15,17-20,26,28,32-34H,6,12-13,16,21-25,27H2,1-5H3,(H,43,51)(H,44,50)(H,45,49)(H,46,52)/t32-,33-,34-/m0/s1. The number of hydrogen-bond acceptors (Lipinski definition) is 8. The van der Waals surface area contributed by atoms with Gasteiger partial charge in [-0.3, -0.25) is 24.0 Å². The van der Waals surface area contributed by atoms with Crippen LogP contribution in [0.4, 0.5) is 0 Å². The normalized spacial score (nSPS) is 18.8. The molecule has 4 N–H and O–H groups in total. The molecule has 5 amide bonds. The summed E-state index contributed by atoms with van der Waals surface area (Å²) in [6.45, 7) is 7.00.